The number of rotatable bonds is 4. The molecule has 1 N–H and O–H groups in total. The quantitative estimate of drug-likeness (QED) is 0.846. The molecule has 0 spiro atoms. The molecule has 1 aromatic rings. The van der Waals surface area contributed by atoms with Crippen LogP contribution in [0.2, 0.25) is 0 Å². The van der Waals surface area contributed by atoms with Crippen molar-refractivity contribution in [2.45, 2.75) is 25.7 Å². The predicted molar refractivity (Wildman–Crippen MR) is 50.2 cm³/mol. The van der Waals surface area contributed by atoms with E-state index >= 15 is 0 Å². The number of hydrogen-bond donors (Lipinski definition) is 1. The molecule has 0 aliphatic heterocycles. The lowest BCUT2D eigenvalue weighted by Gasteiger charge is -2.12. The molecule has 1 aromatic heterocycles. The zero-order chi connectivity index (χ0) is 10.8. The third-order valence-electron chi connectivity index (χ3n) is 1.91. The SMILES string of the molecule is CCC(F)(F)Cc1ccsc1C(=O)O. The average molecular weight is 220 g/mol. The van der Waals surface area contributed by atoms with Gasteiger partial charge in [0.25, 0.3) is 5.92 Å². The summed E-state index contributed by atoms with van der Waals surface area (Å²) in [7, 11) is 0. The van der Waals surface area contributed by atoms with Crippen LogP contribution in [0.3, 0.4) is 0 Å². The maximum absolute atomic E-state index is 13.0. The highest BCUT2D eigenvalue weighted by molar-refractivity contribution is 7.12. The van der Waals surface area contributed by atoms with Gasteiger partial charge < -0.3 is 5.11 Å². The monoisotopic (exact) mass is 220 g/mol. The Bertz CT molecular complexity index is 333. The van der Waals surface area contributed by atoms with Crippen LogP contribution in [0.25, 0.3) is 0 Å². The van der Waals surface area contributed by atoms with Crippen LogP contribution in [-0.4, -0.2) is 17.0 Å². The molecular weight excluding hydrogens is 210 g/mol. The Kier molecular flexibility index (Phi) is 3.21. The average Bonchev–Trinajstić information content (AvgIpc) is 2.51. The summed E-state index contributed by atoms with van der Waals surface area (Å²) in [5, 5.41) is 10.2. The predicted octanol–water partition coefficient (Wildman–Crippen LogP) is 3.03. The lowest BCUT2D eigenvalue weighted by Crippen LogP contribution is -2.18. The Balaban J connectivity index is 2.86. The number of thiophene rings is 1. The molecule has 0 amide bonds. The van der Waals surface area contributed by atoms with Crippen molar-refractivity contribution >= 4 is 17.3 Å². The molecule has 0 unspecified atom stereocenters. The maximum atomic E-state index is 13.0. The molecule has 0 atom stereocenters. The summed E-state index contributed by atoms with van der Waals surface area (Å²) in [4.78, 5) is 10.6. The van der Waals surface area contributed by atoms with E-state index in [0.29, 0.717) is 0 Å². The third-order valence-corrected chi connectivity index (χ3v) is 2.85. The second-order valence-electron chi connectivity index (χ2n) is 2.97. The van der Waals surface area contributed by atoms with Crippen molar-refractivity contribution < 1.29 is 18.7 Å². The van der Waals surface area contributed by atoms with Gasteiger partial charge in [0.15, 0.2) is 0 Å². The standard InChI is InChI=1S/C9H10F2O2S/c1-2-9(10,11)5-6-3-4-14-7(6)8(12)13/h3-4H,2,5H2,1H3,(H,12,13). The van der Waals surface area contributed by atoms with Gasteiger partial charge in [0, 0.05) is 12.8 Å². The van der Waals surface area contributed by atoms with Gasteiger partial charge in [-0.1, -0.05) is 6.92 Å². The van der Waals surface area contributed by atoms with Gasteiger partial charge in [-0.2, -0.15) is 0 Å². The molecule has 0 aromatic carbocycles. The molecule has 0 saturated carbocycles. The zero-order valence-electron chi connectivity index (χ0n) is 7.59. The first kappa shape index (κ1) is 11.1. The number of alkyl halides is 2. The van der Waals surface area contributed by atoms with Crippen molar-refractivity contribution in [3.63, 3.8) is 0 Å². The Labute approximate surface area is 84.2 Å². The van der Waals surface area contributed by atoms with E-state index in [1.807, 2.05) is 0 Å². The van der Waals surface area contributed by atoms with Crippen LogP contribution in [0.5, 0.6) is 0 Å². The fourth-order valence-electron chi connectivity index (χ4n) is 1.07. The van der Waals surface area contributed by atoms with E-state index in [1.165, 1.54) is 18.4 Å². The number of halogens is 2. The molecule has 1 rings (SSSR count). The molecule has 1 heterocycles. The van der Waals surface area contributed by atoms with Gasteiger partial charge >= 0.3 is 5.97 Å². The molecule has 0 saturated heterocycles. The van der Waals surface area contributed by atoms with E-state index in [4.69, 9.17) is 5.11 Å². The van der Waals surface area contributed by atoms with E-state index in [9.17, 15) is 13.6 Å². The molecule has 0 bridgehead atoms. The fraction of sp³-hybridized carbons (Fsp3) is 0.444. The molecule has 0 aliphatic carbocycles. The molecule has 0 aliphatic rings. The highest BCUT2D eigenvalue weighted by Crippen LogP contribution is 2.27. The van der Waals surface area contributed by atoms with Crippen molar-refractivity contribution in [3.05, 3.63) is 21.9 Å². The molecule has 0 radical (unpaired) electrons. The van der Waals surface area contributed by atoms with E-state index in [0.717, 1.165) is 11.3 Å². The third kappa shape index (κ3) is 2.51. The minimum Gasteiger partial charge on any atom is -0.477 e. The van der Waals surface area contributed by atoms with Crippen LogP contribution in [0.15, 0.2) is 11.4 Å². The fourth-order valence-corrected chi connectivity index (χ4v) is 1.83. The normalized spacial score (nSPS) is 11.6. The van der Waals surface area contributed by atoms with Crippen molar-refractivity contribution in [2.75, 3.05) is 0 Å². The summed E-state index contributed by atoms with van der Waals surface area (Å²) in [6, 6.07) is 1.44. The van der Waals surface area contributed by atoms with Crippen LogP contribution in [0, 0.1) is 0 Å². The number of carboxylic acid groups (broad SMARTS) is 1. The molecule has 0 fully saturated rings. The smallest absolute Gasteiger partial charge is 0.346 e. The molecule has 78 valence electrons. The van der Waals surface area contributed by atoms with Crippen molar-refractivity contribution in [1.82, 2.24) is 0 Å². The van der Waals surface area contributed by atoms with Crippen LogP contribution in [-0.2, 0) is 6.42 Å². The topological polar surface area (TPSA) is 37.3 Å². The van der Waals surface area contributed by atoms with Gasteiger partial charge in [0.1, 0.15) is 4.88 Å². The Hall–Kier alpha value is -0.970. The number of carboxylic acids is 1. The first-order valence-corrected chi connectivity index (χ1v) is 5.01. The van der Waals surface area contributed by atoms with E-state index in [2.05, 4.69) is 0 Å². The second kappa shape index (κ2) is 4.04. The Morgan fingerprint density at radius 2 is 2.29 bits per heavy atom. The van der Waals surface area contributed by atoms with Crippen LogP contribution < -0.4 is 0 Å². The molecule has 2 nitrogen and oxygen atoms in total. The second-order valence-corrected chi connectivity index (χ2v) is 3.88. The van der Waals surface area contributed by atoms with Crippen LogP contribution in [0.1, 0.15) is 28.6 Å². The number of hydrogen-bond acceptors (Lipinski definition) is 2. The van der Waals surface area contributed by atoms with E-state index in [1.54, 1.807) is 0 Å². The molecule has 14 heavy (non-hydrogen) atoms. The van der Waals surface area contributed by atoms with Crippen LogP contribution >= 0.6 is 11.3 Å². The largest absolute Gasteiger partial charge is 0.477 e. The van der Waals surface area contributed by atoms with Gasteiger partial charge in [-0.25, -0.2) is 13.6 Å². The van der Waals surface area contributed by atoms with Gasteiger partial charge in [-0.15, -0.1) is 11.3 Å². The number of aromatic carboxylic acids is 1. The lowest BCUT2D eigenvalue weighted by molar-refractivity contribution is -0.00226. The van der Waals surface area contributed by atoms with Crippen molar-refractivity contribution in [3.8, 4) is 0 Å². The Morgan fingerprint density at radius 3 is 2.79 bits per heavy atom. The highest BCUT2D eigenvalue weighted by Gasteiger charge is 2.29. The first-order valence-electron chi connectivity index (χ1n) is 4.14. The summed E-state index contributed by atoms with van der Waals surface area (Å²) in [5.41, 5.74) is 0.217. The Morgan fingerprint density at radius 1 is 1.64 bits per heavy atom. The van der Waals surface area contributed by atoms with Gasteiger partial charge in [-0.3, -0.25) is 0 Å². The summed E-state index contributed by atoms with van der Waals surface area (Å²) in [5.74, 6) is -3.95. The van der Waals surface area contributed by atoms with Crippen molar-refractivity contribution in [1.29, 1.82) is 0 Å². The summed E-state index contributed by atoms with van der Waals surface area (Å²) in [6.45, 7) is 1.38. The highest BCUT2D eigenvalue weighted by atomic mass is 32.1. The minimum absolute atomic E-state index is 0.0122. The molecule has 5 heteroatoms. The lowest BCUT2D eigenvalue weighted by atomic mass is 10.1. The van der Waals surface area contributed by atoms with Crippen LogP contribution in [0.4, 0.5) is 8.78 Å². The van der Waals surface area contributed by atoms with Gasteiger partial charge in [0.2, 0.25) is 0 Å². The zero-order valence-corrected chi connectivity index (χ0v) is 8.41. The van der Waals surface area contributed by atoms with E-state index < -0.39 is 18.3 Å². The van der Waals surface area contributed by atoms with Crippen molar-refractivity contribution in [2.24, 2.45) is 0 Å². The summed E-state index contributed by atoms with van der Waals surface area (Å²) >= 11 is 0.976. The minimum atomic E-state index is -2.81. The molecular formula is C9H10F2O2S. The maximum Gasteiger partial charge on any atom is 0.346 e. The van der Waals surface area contributed by atoms with Gasteiger partial charge in [0.05, 0.1) is 0 Å². The summed E-state index contributed by atoms with van der Waals surface area (Å²) in [6.07, 6.45) is -0.767. The first-order chi connectivity index (χ1) is 6.46. The number of carbonyl (C=O) groups is 1. The van der Waals surface area contributed by atoms with Gasteiger partial charge in [-0.05, 0) is 17.0 Å². The van der Waals surface area contributed by atoms with E-state index in [-0.39, 0.29) is 16.9 Å². The summed E-state index contributed by atoms with van der Waals surface area (Å²) < 4.78 is 25.9.